The van der Waals surface area contributed by atoms with Gasteiger partial charge in [-0.2, -0.15) is 0 Å². The maximum Gasteiger partial charge on any atom is 0.0513 e. The van der Waals surface area contributed by atoms with Gasteiger partial charge in [-0.05, 0) is 53.4 Å². The Morgan fingerprint density at radius 3 is 2.94 bits per heavy atom. The Morgan fingerprint density at radius 1 is 1.44 bits per heavy atom. The van der Waals surface area contributed by atoms with Crippen LogP contribution >= 0.6 is 15.9 Å². The van der Waals surface area contributed by atoms with Crippen molar-refractivity contribution in [1.29, 1.82) is 0 Å². The van der Waals surface area contributed by atoms with E-state index in [1.165, 1.54) is 35.2 Å². The molecule has 0 spiro atoms. The summed E-state index contributed by atoms with van der Waals surface area (Å²) in [6.45, 7) is 10.1. The third kappa shape index (κ3) is 3.27. The van der Waals surface area contributed by atoms with Crippen molar-refractivity contribution in [2.24, 2.45) is 5.92 Å². The lowest BCUT2D eigenvalue weighted by Crippen LogP contribution is -2.30. The summed E-state index contributed by atoms with van der Waals surface area (Å²) in [5.41, 5.74) is 2.67. The highest BCUT2D eigenvalue weighted by atomic mass is 79.9. The zero-order chi connectivity index (χ0) is 13.1. The first-order chi connectivity index (χ1) is 8.58. The Morgan fingerprint density at radius 2 is 2.22 bits per heavy atom. The molecule has 1 fully saturated rings. The van der Waals surface area contributed by atoms with Gasteiger partial charge in [0.25, 0.3) is 0 Å². The van der Waals surface area contributed by atoms with Crippen molar-refractivity contribution in [3.8, 4) is 0 Å². The molecule has 1 heterocycles. The van der Waals surface area contributed by atoms with Gasteiger partial charge < -0.3 is 10.2 Å². The Hall–Kier alpha value is -0.540. The molecule has 1 aromatic carbocycles. The second-order valence-corrected chi connectivity index (χ2v) is 6.36. The highest BCUT2D eigenvalue weighted by molar-refractivity contribution is 9.10. The molecule has 0 aromatic heterocycles. The maximum absolute atomic E-state index is 3.72. The van der Waals surface area contributed by atoms with Gasteiger partial charge >= 0.3 is 0 Å². The largest absolute Gasteiger partial charge is 0.370 e. The van der Waals surface area contributed by atoms with Crippen LogP contribution < -0.4 is 10.2 Å². The summed E-state index contributed by atoms with van der Waals surface area (Å²) in [6.07, 6.45) is 1.29. The average molecular weight is 311 g/mol. The molecule has 18 heavy (non-hydrogen) atoms. The van der Waals surface area contributed by atoms with Crippen molar-refractivity contribution in [1.82, 2.24) is 5.32 Å². The molecule has 100 valence electrons. The van der Waals surface area contributed by atoms with E-state index in [1.54, 1.807) is 0 Å². The van der Waals surface area contributed by atoms with Gasteiger partial charge in [0.15, 0.2) is 0 Å². The lowest BCUT2D eigenvalue weighted by molar-refractivity contribution is 0.480. The van der Waals surface area contributed by atoms with Crippen LogP contribution in [0.4, 0.5) is 5.69 Å². The summed E-state index contributed by atoms with van der Waals surface area (Å²) < 4.78 is 1.25. The van der Waals surface area contributed by atoms with E-state index in [1.807, 2.05) is 0 Å². The van der Waals surface area contributed by atoms with Gasteiger partial charge in [-0.15, -0.1) is 0 Å². The second-order valence-electron chi connectivity index (χ2n) is 5.57. The lowest BCUT2D eigenvalue weighted by atomic mass is 10.1. The van der Waals surface area contributed by atoms with Gasteiger partial charge in [0.2, 0.25) is 0 Å². The van der Waals surface area contributed by atoms with Crippen LogP contribution in [-0.2, 0) is 0 Å². The van der Waals surface area contributed by atoms with Gasteiger partial charge in [0.05, 0.1) is 5.69 Å². The average Bonchev–Trinajstić information content (AvgIpc) is 2.78. The van der Waals surface area contributed by atoms with E-state index in [9.17, 15) is 0 Å². The summed E-state index contributed by atoms with van der Waals surface area (Å²) in [7, 11) is 0. The number of nitrogens with one attached hydrogen (secondary N) is 1. The number of halogens is 1. The van der Waals surface area contributed by atoms with Crippen molar-refractivity contribution < 1.29 is 0 Å². The summed E-state index contributed by atoms with van der Waals surface area (Å²) in [6, 6.07) is 7.11. The number of hydrogen-bond donors (Lipinski definition) is 1. The molecule has 0 saturated carbocycles. The predicted molar refractivity (Wildman–Crippen MR) is 82.3 cm³/mol. The fraction of sp³-hybridized carbons (Fsp3) is 0.600. The van der Waals surface area contributed by atoms with Gasteiger partial charge in [-0.25, -0.2) is 0 Å². The number of hydrogen-bond acceptors (Lipinski definition) is 2. The van der Waals surface area contributed by atoms with Crippen LogP contribution in [0.5, 0.6) is 0 Å². The highest BCUT2D eigenvalue weighted by Gasteiger charge is 2.24. The van der Waals surface area contributed by atoms with Crippen LogP contribution in [-0.4, -0.2) is 25.7 Å². The van der Waals surface area contributed by atoms with Gasteiger partial charge in [0.1, 0.15) is 0 Å². The normalized spacial score (nSPS) is 19.8. The van der Waals surface area contributed by atoms with Crippen molar-refractivity contribution in [3.05, 3.63) is 28.2 Å². The number of benzene rings is 1. The minimum atomic E-state index is 0.588. The summed E-state index contributed by atoms with van der Waals surface area (Å²) in [4.78, 5) is 2.50. The molecule has 2 rings (SSSR count). The SMILES string of the molecule is Cc1cccc(N2CCC(CNC(C)C)C2)c1Br. The minimum absolute atomic E-state index is 0.588. The topological polar surface area (TPSA) is 15.3 Å². The molecule has 1 saturated heterocycles. The molecular weight excluding hydrogens is 288 g/mol. The van der Waals surface area contributed by atoms with E-state index in [-0.39, 0.29) is 0 Å². The standard InChI is InChI=1S/C15H23BrN2/c1-11(2)17-9-13-7-8-18(10-13)14-6-4-5-12(3)15(14)16/h4-6,11,13,17H,7-10H2,1-3H3. The van der Waals surface area contributed by atoms with Crippen molar-refractivity contribution in [2.45, 2.75) is 33.2 Å². The summed E-state index contributed by atoms with van der Waals surface area (Å²) in [5.74, 6) is 0.778. The summed E-state index contributed by atoms with van der Waals surface area (Å²) in [5, 5.41) is 3.55. The smallest absolute Gasteiger partial charge is 0.0513 e. The minimum Gasteiger partial charge on any atom is -0.370 e. The number of anilines is 1. The van der Waals surface area contributed by atoms with E-state index in [0.29, 0.717) is 6.04 Å². The van der Waals surface area contributed by atoms with E-state index < -0.39 is 0 Å². The molecule has 0 radical (unpaired) electrons. The molecule has 1 aliphatic heterocycles. The molecule has 1 unspecified atom stereocenters. The first kappa shape index (κ1) is 13.9. The Labute approximate surface area is 119 Å². The molecule has 1 aromatic rings. The molecule has 0 bridgehead atoms. The van der Waals surface area contributed by atoms with Crippen LogP contribution in [0.25, 0.3) is 0 Å². The van der Waals surface area contributed by atoms with Crippen LogP contribution in [0.15, 0.2) is 22.7 Å². The zero-order valence-electron chi connectivity index (χ0n) is 11.5. The van der Waals surface area contributed by atoms with Crippen molar-refractivity contribution in [3.63, 3.8) is 0 Å². The molecule has 2 nitrogen and oxygen atoms in total. The zero-order valence-corrected chi connectivity index (χ0v) is 13.1. The fourth-order valence-corrected chi connectivity index (χ4v) is 3.01. The second kappa shape index (κ2) is 6.07. The van der Waals surface area contributed by atoms with Crippen LogP contribution in [0.1, 0.15) is 25.8 Å². The van der Waals surface area contributed by atoms with Crippen LogP contribution in [0.3, 0.4) is 0 Å². The van der Waals surface area contributed by atoms with Crippen LogP contribution in [0.2, 0.25) is 0 Å². The Bertz CT molecular complexity index is 403. The van der Waals surface area contributed by atoms with E-state index >= 15 is 0 Å². The molecule has 0 amide bonds. The number of rotatable bonds is 4. The van der Waals surface area contributed by atoms with Crippen molar-refractivity contribution >= 4 is 21.6 Å². The van der Waals surface area contributed by atoms with Crippen LogP contribution in [0, 0.1) is 12.8 Å². The fourth-order valence-electron chi connectivity index (χ4n) is 2.50. The first-order valence-corrected chi connectivity index (χ1v) is 7.60. The first-order valence-electron chi connectivity index (χ1n) is 6.81. The summed E-state index contributed by atoms with van der Waals surface area (Å²) >= 11 is 3.72. The van der Waals surface area contributed by atoms with E-state index in [4.69, 9.17) is 0 Å². The Balaban J connectivity index is 1.98. The lowest BCUT2D eigenvalue weighted by Gasteiger charge is -2.21. The van der Waals surface area contributed by atoms with Gasteiger partial charge in [-0.3, -0.25) is 0 Å². The molecule has 1 atom stereocenters. The molecule has 3 heteroatoms. The molecule has 0 aliphatic carbocycles. The monoisotopic (exact) mass is 310 g/mol. The molecular formula is C15H23BrN2. The molecule has 1 aliphatic rings. The Kier molecular flexibility index (Phi) is 4.68. The quantitative estimate of drug-likeness (QED) is 0.914. The van der Waals surface area contributed by atoms with E-state index in [2.05, 4.69) is 65.1 Å². The number of aryl methyl sites for hydroxylation is 1. The predicted octanol–water partition coefficient (Wildman–Crippen LogP) is 3.58. The van der Waals surface area contributed by atoms with Gasteiger partial charge in [0, 0.05) is 23.6 Å². The highest BCUT2D eigenvalue weighted by Crippen LogP contribution is 2.32. The third-order valence-corrected chi connectivity index (χ3v) is 4.64. The number of nitrogens with zero attached hydrogens (tertiary/aromatic N) is 1. The van der Waals surface area contributed by atoms with Gasteiger partial charge in [-0.1, -0.05) is 26.0 Å². The third-order valence-electron chi connectivity index (χ3n) is 3.61. The molecule has 1 N–H and O–H groups in total. The van der Waals surface area contributed by atoms with E-state index in [0.717, 1.165) is 12.5 Å². The van der Waals surface area contributed by atoms with Crippen molar-refractivity contribution in [2.75, 3.05) is 24.5 Å². The maximum atomic E-state index is 3.72.